The number of anilines is 6. The van der Waals surface area contributed by atoms with E-state index in [0.717, 1.165) is 175 Å². The van der Waals surface area contributed by atoms with Gasteiger partial charge in [-0.1, -0.05) is 72.3 Å². The lowest BCUT2D eigenvalue weighted by Crippen LogP contribution is -2.47. The van der Waals surface area contributed by atoms with Gasteiger partial charge in [0.25, 0.3) is 0 Å². The van der Waals surface area contributed by atoms with Gasteiger partial charge < -0.3 is 38.6 Å². The lowest BCUT2D eigenvalue weighted by molar-refractivity contribution is -0.137. The highest BCUT2D eigenvalue weighted by Gasteiger charge is 2.42. The number of imidazole rings is 3. The van der Waals surface area contributed by atoms with Crippen LogP contribution in [-0.2, 0) is 61.1 Å². The summed E-state index contributed by atoms with van der Waals surface area (Å²) in [5.41, 5.74) is 4.68. The predicted octanol–water partition coefficient (Wildman–Crippen LogP) is 14.9. The van der Waals surface area contributed by atoms with Crippen molar-refractivity contribution in [3.05, 3.63) is 141 Å². The number of hydrogen-bond donors (Lipinski definition) is 6. The molecule has 16 rings (SSSR count). The molecule has 7 saturated heterocycles. The van der Waals surface area contributed by atoms with Gasteiger partial charge in [-0.05, 0) is 205 Å². The smallest absolute Gasteiger partial charge is 0.381 e. The van der Waals surface area contributed by atoms with E-state index in [1.165, 1.54) is 17.0 Å². The summed E-state index contributed by atoms with van der Waals surface area (Å²) in [5, 5.41) is 17.8. The van der Waals surface area contributed by atoms with Gasteiger partial charge in [0, 0.05) is 115 Å². The van der Waals surface area contributed by atoms with Crippen LogP contribution in [0.25, 0.3) is 33.1 Å². The molecular weight excluding hydrogens is 1510 g/mol. The van der Waals surface area contributed by atoms with Crippen molar-refractivity contribution >= 4 is 150 Å². The van der Waals surface area contributed by atoms with Crippen LogP contribution in [0.3, 0.4) is 0 Å². The first-order valence-electron chi connectivity index (χ1n) is 37.3. The Balaban J connectivity index is 0.000000130. The predicted molar refractivity (Wildman–Crippen MR) is 416 cm³/mol. The molecule has 5 aromatic carbocycles. The maximum atomic E-state index is 13.4. The van der Waals surface area contributed by atoms with Crippen molar-refractivity contribution in [2.45, 2.75) is 159 Å². The van der Waals surface area contributed by atoms with Crippen molar-refractivity contribution in [3.63, 3.8) is 0 Å². The number of amides is 6. The lowest BCUT2D eigenvalue weighted by atomic mass is 9.93. The minimum absolute atomic E-state index is 0.0177. The van der Waals surface area contributed by atoms with Crippen molar-refractivity contribution in [1.82, 2.24) is 44.4 Å². The van der Waals surface area contributed by atoms with Gasteiger partial charge in [0.2, 0.25) is 53.3 Å². The number of hydrogen-bond acceptors (Lipinski definition) is 16. The molecule has 9 aromatic rings. The van der Waals surface area contributed by atoms with E-state index >= 15 is 0 Å². The molecule has 0 unspecified atom stereocenters. The van der Waals surface area contributed by atoms with E-state index in [9.17, 15) is 41.9 Å². The zero-order valence-corrected chi connectivity index (χ0v) is 64.2. The van der Waals surface area contributed by atoms with Gasteiger partial charge in [0.05, 0.1) is 50.7 Å². The van der Waals surface area contributed by atoms with Crippen LogP contribution in [0, 0.1) is 11.8 Å². The number of likely N-dealkylation sites (tertiary alicyclic amines) is 2. The second kappa shape index (κ2) is 35.3. The van der Waals surface area contributed by atoms with Gasteiger partial charge in [-0.2, -0.15) is 13.2 Å². The third kappa shape index (κ3) is 19.6. The maximum absolute atomic E-state index is 13.4. The van der Waals surface area contributed by atoms with Crippen LogP contribution in [0.5, 0.6) is 0 Å². The Labute approximate surface area is 653 Å². The van der Waals surface area contributed by atoms with Crippen LogP contribution in [0.2, 0.25) is 20.1 Å². The number of benzene rings is 5. The van der Waals surface area contributed by atoms with Crippen LogP contribution < -0.4 is 31.1 Å². The molecule has 6 N–H and O–H groups in total. The molecule has 110 heavy (non-hydrogen) atoms. The van der Waals surface area contributed by atoms with Crippen molar-refractivity contribution in [3.8, 4) is 0 Å². The van der Waals surface area contributed by atoms with Crippen LogP contribution in [0.4, 0.5) is 48.2 Å². The molecule has 25 nitrogen and oxygen atoms in total. The van der Waals surface area contributed by atoms with Crippen molar-refractivity contribution in [2.75, 3.05) is 90.3 Å². The quantitative estimate of drug-likeness (QED) is 0.0556. The summed E-state index contributed by atoms with van der Waals surface area (Å²) in [7, 11) is 0. The van der Waals surface area contributed by atoms with Gasteiger partial charge in [-0.15, -0.1) is 0 Å². The molecule has 6 amide bonds. The van der Waals surface area contributed by atoms with Crippen LogP contribution in [0.15, 0.2) is 114 Å². The fourth-order valence-electron chi connectivity index (χ4n) is 15.2. The topological polar surface area (TPSA) is 292 Å². The number of halogens is 7. The van der Waals surface area contributed by atoms with E-state index in [1.807, 2.05) is 61.7 Å². The van der Waals surface area contributed by atoms with Crippen LogP contribution in [0.1, 0.15) is 122 Å². The van der Waals surface area contributed by atoms with Crippen LogP contribution >= 0.6 is 46.4 Å². The van der Waals surface area contributed by atoms with E-state index < -0.39 is 29.7 Å². The number of carbonyl (C=O) groups excluding carboxylic acids is 6. The summed E-state index contributed by atoms with van der Waals surface area (Å²) in [6.45, 7) is 14.2. The van der Waals surface area contributed by atoms with Gasteiger partial charge >= 0.3 is 6.18 Å². The largest absolute Gasteiger partial charge is 0.416 e. The monoisotopic (exact) mass is 1590 g/mol. The number of aromatic amines is 2. The number of fused-ring (bicyclic) bond motifs is 3. The number of rotatable bonds is 15. The SMILES string of the molecule is CC(C)(C)c1cc(NC(=O)[C@@H]2CCC(=O)N2c2ccc(C(F)(F)F)cc2)no1.O=C(Nc1nc2cc(Cl)ccc2n1CC1CCOCC1)[C@@H]1CCC(=O)N1c1ccc(Cl)cc1.O=C(Nc1nc2ccc(Cl)cc2[nH]1)[C@@H]1CCCN1C1CCOCC1.O=C(Nc1nc2ccc(Cl)cc2[nH]1)[C@@H]1CCCN1CC1CCOCC1. The minimum atomic E-state index is -4.47. The summed E-state index contributed by atoms with van der Waals surface area (Å²) in [4.78, 5) is 104. The van der Waals surface area contributed by atoms with E-state index in [0.29, 0.717) is 80.1 Å². The number of H-pyrrole nitrogens is 2. The Morgan fingerprint density at radius 2 is 0.991 bits per heavy atom. The van der Waals surface area contributed by atoms with Gasteiger partial charge in [0.1, 0.15) is 17.8 Å². The first-order chi connectivity index (χ1) is 52.8. The average molecular weight is 1590 g/mol. The Hall–Kier alpha value is -8.71. The highest BCUT2D eigenvalue weighted by Crippen LogP contribution is 2.37. The number of aromatic nitrogens is 7. The molecule has 0 bridgehead atoms. The van der Waals surface area contributed by atoms with Crippen molar-refractivity contribution in [2.24, 2.45) is 11.8 Å². The van der Waals surface area contributed by atoms with Crippen molar-refractivity contribution in [1.29, 1.82) is 0 Å². The Morgan fingerprint density at radius 3 is 1.55 bits per heavy atom. The Bertz CT molecular complexity index is 4740. The fraction of sp³-hybridized carbons (Fsp3) is 0.462. The second-order valence-corrected chi connectivity index (χ2v) is 31.4. The number of alkyl halides is 3. The third-order valence-corrected chi connectivity index (χ3v) is 21.9. The van der Waals surface area contributed by atoms with Gasteiger partial charge in [0.15, 0.2) is 5.82 Å². The standard InChI is InChI=1S/C24H24Cl2N4O3.C19H20F3N3O3.C18H23ClN4O2.C17H21ClN4O2/c25-16-1-4-18(5-2-16)30-21(7-8-22(30)31)23(32)28-24-27-19-13-17(26)3-6-20(19)29(24)14-15-9-11-33-12-10-15;1-18(2,3)14-10-15(24-28-14)23-17(27)13-8-9-16(26)25(13)12-6-4-11(5-7-12)19(20,21)22;19-13-3-4-14-15(10-13)21-18(20-14)22-17(24)16-2-1-7-23(16)11-12-5-8-25-9-6-12;18-11-3-4-13-14(10-11)20-17(19-13)21-16(23)15-2-1-7-22(15)12-5-8-24-9-6-12/h1-6,13,15,21H,7-12,14H2,(H,27,28,32);4-7,10,13H,8-9H2,1-3H3,(H,23,24,27);3-4,10,12,16H,1-2,5-9,11H2,(H2,20,21,22,24);3-4,10,12,15H,1-2,5-9H2,(H2,19,20,21,23)/t21-;13-;16-;15-/m0000/s1. The van der Waals surface area contributed by atoms with Gasteiger partial charge in [-0.25, -0.2) is 15.0 Å². The molecule has 11 heterocycles. The molecule has 0 aliphatic carbocycles. The molecular formula is C78H88Cl4F3N15O10. The van der Waals surface area contributed by atoms with Crippen molar-refractivity contribution < 1.29 is 60.7 Å². The molecule has 4 aromatic heterocycles. The molecule has 0 spiro atoms. The Morgan fingerprint density at radius 1 is 0.509 bits per heavy atom. The number of ether oxygens (including phenoxy) is 3. The number of nitrogens with one attached hydrogen (secondary N) is 6. The highest BCUT2D eigenvalue weighted by molar-refractivity contribution is 6.32. The number of carbonyl (C=O) groups is 6. The number of nitrogens with zero attached hydrogens (tertiary/aromatic N) is 9. The summed E-state index contributed by atoms with van der Waals surface area (Å²) < 4.78 is 61.9. The molecule has 584 valence electrons. The molecule has 7 aliphatic heterocycles. The normalized spacial score (nSPS) is 20.5. The molecule has 32 heteroatoms. The highest BCUT2D eigenvalue weighted by atomic mass is 35.5. The molecule has 0 saturated carbocycles. The van der Waals surface area contributed by atoms with E-state index in [1.54, 1.807) is 53.4 Å². The molecule has 4 atom stereocenters. The summed E-state index contributed by atoms with van der Waals surface area (Å²) >= 11 is 24.2. The third-order valence-electron chi connectivity index (χ3n) is 21.0. The Kier molecular flexibility index (Phi) is 25.5. The summed E-state index contributed by atoms with van der Waals surface area (Å²) in [6, 6.07) is 28.0. The summed E-state index contributed by atoms with van der Waals surface area (Å²) in [6.07, 6.45) is 6.73. The zero-order chi connectivity index (χ0) is 77.4. The van der Waals surface area contributed by atoms with Gasteiger partial charge in [-0.3, -0.25) is 64.3 Å². The maximum Gasteiger partial charge on any atom is 0.416 e. The minimum Gasteiger partial charge on any atom is -0.381 e. The first-order valence-corrected chi connectivity index (χ1v) is 38.8. The lowest BCUT2D eigenvalue weighted by Gasteiger charge is -2.34. The van der Waals surface area contributed by atoms with E-state index in [2.05, 4.69) is 61.1 Å². The first kappa shape index (κ1) is 79.4. The molecule has 7 fully saturated rings. The zero-order valence-electron chi connectivity index (χ0n) is 61.2. The molecule has 0 radical (unpaired) electrons. The second-order valence-electron chi connectivity index (χ2n) is 29.6. The molecule has 7 aliphatic rings. The van der Waals surface area contributed by atoms with Crippen LogP contribution in [-0.4, -0.2) is 169 Å². The fourth-order valence-corrected chi connectivity index (χ4v) is 15.8. The van der Waals surface area contributed by atoms with E-state index in [-0.39, 0.29) is 71.4 Å². The average Bonchev–Trinajstić information content (AvgIpc) is 1.62. The summed E-state index contributed by atoms with van der Waals surface area (Å²) in [5.74, 6) is 2.22. The van der Waals surface area contributed by atoms with E-state index in [4.69, 9.17) is 65.1 Å².